The minimum Gasteiger partial charge on any atom is -0.408 e. The molecule has 3 heterocycles. The molecule has 0 aromatic carbocycles. The number of morpholine rings is 1. The van der Waals surface area contributed by atoms with Crippen LogP contribution in [0.1, 0.15) is 36.4 Å². The summed E-state index contributed by atoms with van der Waals surface area (Å²) < 4.78 is 13.6. The van der Waals surface area contributed by atoms with Crippen LogP contribution in [0.4, 0.5) is 6.01 Å². The molecule has 0 radical (unpaired) electrons. The highest BCUT2D eigenvalue weighted by Gasteiger charge is 2.34. The Morgan fingerprint density at radius 3 is 2.91 bits per heavy atom. The number of hydrogen-bond acceptors (Lipinski definition) is 7. The first-order valence-electron chi connectivity index (χ1n) is 8.09. The highest BCUT2D eigenvalue weighted by molar-refractivity contribution is 5.20. The van der Waals surface area contributed by atoms with E-state index >= 15 is 0 Å². The van der Waals surface area contributed by atoms with Crippen LogP contribution < -0.4 is 5.32 Å². The summed E-state index contributed by atoms with van der Waals surface area (Å²) in [4.78, 5) is 2.30. The van der Waals surface area contributed by atoms with Crippen LogP contribution in [0.25, 0.3) is 0 Å². The number of hydrogen-bond donors (Lipinski definition) is 1. The van der Waals surface area contributed by atoms with Gasteiger partial charge >= 0.3 is 6.01 Å². The Bertz CT molecular complexity index is 664. The zero-order valence-electron chi connectivity index (χ0n) is 13.5. The molecular weight excluding hydrogens is 296 g/mol. The van der Waals surface area contributed by atoms with E-state index in [0.717, 1.165) is 31.0 Å². The van der Waals surface area contributed by atoms with E-state index in [2.05, 4.69) is 32.6 Å². The van der Waals surface area contributed by atoms with Crippen molar-refractivity contribution in [1.29, 1.82) is 0 Å². The number of aryl methyl sites for hydroxylation is 1. The summed E-state index contributed by atoms with van der Waals surface area (Å²) in [5.41, 5.74) is 1.14. The molecule has 2 fully saturated rings. The summed E-state index contributed by atoms with van der Waals surface area (Å²) in [5, 5.41) is 15.7. The average molecular weight is 318 g/mol. The van der Waals surface area contributed by atoms with Crippen LogP contribution in [0.2, 0.25) is 0 Å². The molecule has 8 nitrogen and oxygen atoms in total. The van der Waals surface area contributed by atoms with E-state index in [1.54, 1.807) is 0 Å². The summed E-state index contributed by atoms with van der Waals surface area (Å²) in [6.45, 7) is 2.24. The Balaban J connectivity index is 1.45. The van der Waals surface area contributed by atoms with E-state index in [1.807, 2.05) is 24.0 Å². The third-order valence-corrected chi connectivity index (χ3v) is 4.59. The number of rotatable bonds is 5. The van der Waals surface area contributed by atoms with Gasteiger partial charge in [0, 0.05) is 32.3 Å². The average Bonchev–Trinajstić information content (AvgIpc) is 3.14. The first kappa shape index (κ1) is 14.6. The van der Waals surface area contributed by atoms with Crippen LogP contribution in [0.3, 0.4) is 0 Å². The number of nitrogens with one attached hydrogen (secondary N) is 1. The van der Waals surface area contributed by atoms with Crippen LogP contribution >= 0.6 is 0 Å². The van der Waals surface area contributed by atoms with Gasteiger partial charge in [-0.2, -0.15) is 5.10 Å². The Labute approximate surface area is 134 Å². The monoisotopic (exact) mass is 318 g/mol. The second kappa shape index (κ2) is 5.93. The Kier molecular flexibility index (Phi) is 3.78. The lowest BCUT2D eigenvalue weighted by atomic mass is 10.0. The van der Waals surface area contributed by atoms with Crippen LogP contribution in [0, 0.1) is 0 Å². The number of nitrogens with zero attached hydrogens (tertiary/aromatic N) is 5. The quantitative estimate of drug-likeness (QED) is 0.886. The molecule has 8 heteroatoms. The maximum absolute atomic E-state index is 5.99. The molecule has 0 amide bonds. The van der Waals surface area contributed by atoms with Gasteiger partial charge < -0.3 is 14.5 Å². The SMILES string of the molecule is CN1CCO[C@@H](CNc2nnc(C3CC3)o2)[C@@H]1c1ccnn1C. The van der Waals surface area contributed by atoms with Crippen LogP contribution in [-0.4, -0.2) is 57.7 Å². The molecule has 1 saturated heterocycles. The van der Waals surface area contributed by atoms with Gasteiger partial charge in [-0.3, -0.25) is 9.58 Å². The smallest absolute Gasteiger partial charge is 0.315 e. The van der Waals surface area contributed by atoms with Gasteiger partial charge in [-0.25, -0.2) is 0 Å². The number of ether oxygens (including phenoxy) is 1. The molecule has 1 saturated carbocycles. The molecule has 124 valence electrons. The molecule has 1 aliphatic carbocycles. The lowest BCUT2D eigenvalue weighted by molar-refractivity contribution is -0.0583. The normalized spacial score (nSPS) is 25.7. The van der Waals surface area contributed by atoms with Crippen molar-refractivity contribution >= 4 is 6.01 Å². The molecule has 1 aliphatic heterocycles. The fourth-order valence-electron chi connectivity index (χ4n) is 3.11. The zero-order valence-corrected chi connectivity index (χ0v) is 13.5. The van der Waals surface area contributed by atoms with Crippen LogP contribution in [-0.2, 0) is 11.8 Å². The fourth-order valence-corrected chi connectivity index (χ4v) is 3.11. The summed E-state index contributed by atoms with van der Waals surface area (Å²) in [7, 11) is 4.08. The lowest BCUT2D eigenvalue weighted by Gasteiger charge is -2.39. The predicted octanol–water partition coefficient (Wildman–Crippen LogP) is 1.16. The maximum atomic E-state index is 5.99. The van der Waals surface area contributed by atoms with Gasteiger partial charge in [0.15, 0.2) is 0 Å². The summed E-state index contributed by atoms with van der Waals surface area (Å²) in [6.07, 6.45) is 4.13. The highest BCUT2D eigenvalue weighted by Crippen LogP contribution is 2.39. The number of aromatic nitrogens is 4. The van der Waals surface area contributed by atoms with Crippen molar-refractivity contribution in [2.24, 2.45) is 7.05 Å². The van der Waals surface area contributed by atoms with Gasteiger partial charge in [0.1, 0.15) is 0 Å². The topological polar surface area (TPSA) is 81.2 Å². The fraction of sp³-hybridized carbons (Fsp3) is 0.667. The Morgan fingerprint density at radius 2 is 2.17 bits per heavy atom. The standard InChI is InChI=1S/C15H22N6O2/c1-20-7-8-22-12(13(20)11-5-6-17-21(11)2)9-16-15-19-18-14(23-15)10-3-4-10/h5-6,10,12-13H,3-4,7-9H2,1-2H3,(H,16,19)/t12-,13-/m0/s1. The van der Waals surface area contributed by atoms with E-state index in [1.165, 1.54) is 0 Å². The minimum absolute atomic E-state index is 0.000394. The van der Waals surface area contributed by atoms with E-state index in [4.69, 9.17) is 9.15 Å². The summed E-state index contributed by atoms with van der Waals surface area (Å²) in [6, 6.07) is 2.67. The lowest BCUT2D eigenvalue weighted by Crippen LogP contribution is -2.46. The van der Waals surface area contributed by atoms with Gasteiger partial charge in [-0.05, 0) is 26.0 Å². The molecule has 2 aliphatic rings. The van der Waals surface area contributed by atoms with Crippen LogP contribution in [0.15, 0.2) is 16.7 Å². The van der Waals surface area contributed by atoms with Crippen molar-refractivity contribution in [1.82, 2.24) is 24.9 Å². The third-order valence-electron chi connectivity index (χ3n) is 4.59. The molecule has 1 N–H and O–H groups in total. The largest absolute Gasteiger partial charge is 0.408 e. The molecule has 2 aromatic heterocycles. The van der Waals surface area contributed by atoms with E-state index in [9.17, 15) is 0 Å². The van der Waals surface area contributed by atoms with Crippen molar-refractivity contribution in [2.45, 2.75) is 30.9 Å². The van der Waals surface area contributed by atoms with Gasteiger partial charge in [-0.15, -0.1) is 5.10 Å². The number of anilines is 1. The van der Waals surface area contributed by atoms with Crippen molar-refractivity contribution in [3.63, 3.8) is 0 Å². The first-order chi connectivity index (χ1) is 11.2. The molecule has 4 rings (SSSR count). The van der Waals surface area contributed by atoms with Gasteiger partial charge in [0.2, 0.25) is 5.89 Å². The van der Waals surface area contributed by atoms with Crippen molar-refractivity contribution < 1.29 is 9.15 Å². The van der Waals surface area contributed by atoms with Crippen molar-refractivity contribution in [3.8, 4) is 0 Å². The molecule has 0 unspecified atom stereocenters. The Morgan fingerprint density at radius 1 is 1.30 bits per heavy atom. The van der Waals surface area contributed by atoms with Gasteiger partial charge in [0.05, 0.1) is 24.4 Å². The van der Waals surface area contributed by atoms with Gasteiger partial charge in [0.25, 0.3) is 0 Å². The Hall–Kier alpha value is -1.93. The number of likely N-dealkylation sites (N-methyl/N-ethyl adjacent to an activating group) is 1. The highest BCUT2D eigenvalue weighted by atomic mass is 16.5. The van der Waals surface area contributed by atoms with Gasteiger partial charge in [-0.1, -0.05) is 5.10 Å². The van der Waals surface area contributed by atoms with Crippen LogP contribution in [0.5, 0.6) is 0 Å². The predicted molar refractivity (Wildman–Crippen MR) is 83.1 cm³/mol. The minimum atomic E-state index is 0.000394. The summed E-state index contributed by atoms with van der Waals surface area (Å²) in [5.74, 6) is 1.22. The summed E-state index contributed by atoms with van der Waals surface area (Å²) >= 11 is 0. The molecule has 2 atom stereocenters. The molecule has 23 heavy (non-hydrogen) atoms. The zero-order chi connectivity index (χ0) is 15.8. The third kappa shape index (κ3) is 2.96. The van der Waals surface area contributed by atoms with Crippen molar-refractivity contribution in [2.75, 3.05) is 32.1 Å². The first-order valence-corrected chi connectivity index (χ1v) is 8.09. The van der Waals surface area contributed by atoms with Crippen molar-refractivity contribution in [3.05, 3.63) is 23.8 Å². The van der Waals surface area contributed by atoms with E-state index in [-0.39, 0.29) is 12.1 Å². The molecule has 0 spiro atoms. The second-order valence-corrected chi connectivity index (χ2v) is 6.31. The molecule has 2 aromatic rings. The molecule has 0 bridgehead atoms. The van der Waals surface area contributed by atoms with E-state index < -0.39 is 0 Å². The second-order valence-electron chi connectivity index (χ2n) is 6.31. The molecular formula is C15H22N6O2. The maximum Gasteiger partial charge on any atom is 0.315 e. The van der Waals surface area contributed by atoms with E-state index in [0.29, 0.717) is 25.1 Å².